The molecule has 1 aromatic carbocycles. The second-order valence-corrected chi connectivity index (χ2v) is 12.4. The molecule has 1 aromatic rings. The van der Waals surface area contributed by atoms with Gasteiger partial charge in [-0.3, -0.25) is 4.90 Å². The molecule has 2 amide bonds. The number of nitrogens with zero attached hydrogens (tertiary/aromatic N) is 2. The van der Waals surface area contributed by atoms with E-state index in [4.69, 9.17) is 9.47 Å². The van der Waals surface area contributed by atoms with E-state index < -0.39 is 55.7 Å². The molecule has 0 aliphatic carbocycles. The molecule has 1 fully saturated rings. The number of ether oxygens (including phenoxy) is 3. The minimum absolute atomic E-state index is 0.0704. The number of sulfonamides is 1. The van der Waals surface area contributed by atoms with E-state index in [-0.39, 0.29) is 23.0 Å². The number of amides is 2. The summed E-state index contributed by atoms with van der Waals surface area (Å²) in [6.07, 6.45) is -6.19. The molecule has 0 aromatic heterocycles. The topological polar surface area (TPSA) is 102 Å². The van der Waals surface area contributed by atoms with E-state index in [1.807, 2.05) is 0 Å². The molecule has 1 unspecified atom stereocenters. The van der Waals surface area contributed by atoms with Gasteiger partial charge >= 0.3 is 18.5 Å². The Labute approximate surface area is 213 Å². The number of carbonyl (C=O) groups is 2. The SMILES string of the molecule is CC(C)(C)OC(=O)N1CC(S)C/C1=C\N(C(=O)OC(C)(C)C)S(=O)(=O)c1cccc(OC(F)(F)F)c1. The van der Waals surface area contributed by atoms with Gasteiger partial charge in [0.2, 0.25) is 0 Å². The van der Waals surface area contributed by atoms with Crippen molar-refractivity contribution < 1.29 is 45.4 Å². The molecule has 9 nitrogen and oxygen atoms in total. The van der Waals surface area contributed by atoms with Crippen molar-refractivity contribution in [2.45, 2.75) is 75.7 Å². The van der Waals surface area contributed by atoms with Gasteiger partial charge in [-0.15, -0.1) is 13.2 Å². The van der Waals surface area contributed by atoms with Crippen LogP contribution in [0.4, 0.5) is 22.8 Å². The van der Waals surface area contributed by atoms with E-state index >= 15 is 0 Å². The van der Waals surface area contributed by atoms with Crippen molar-refractivity contribution in [2.24, 2.45) is 0 Å². The third-order valence-electron chi connectivity index (χ3n) is 4.23. The summed E-state index contributed by atoms with van der Waals surface area (Å²) in [5, 5.41) is -0.393. The molecule has 14 heteroatoms. The van der Waals surface area contributed by atoms with Crippen molar-refractivity contribution in [3.8, 4) is 5.75 Å². The fraction of sp³-hybridized carbons (Fsp3) is 0.545. The molecule has 1 saturated heterocycles. The first-order valence-corrected chi connectivity index (χ1v) is 12.7. The fourth-order valence-electron chi connectivity index (χ4n) is 2.98. The minimum Gasteiger partial charge on any atom is -0.443 e. The molecule has 1 atom stereocenters. The summed E-state index contributed by atoms with van der Waals surface area (Å²) >= 11 is 4.36. The predicted molar refractivity (Wildman–Crippen MR) is 127 cm³/mol. The van der Waals surface area contributed by atoms with Crippen LogP contribution in [0.2, 0.25) is 0 Å². The molecule has 0 bridgehead atoms. The lowest BCUT2D eigenvalue weighted by Gasteiger charge is -2.28. The van der Waals surface area contributed by atoms with Gasteiger partial charge in [0, 0.05) is 36.2 Å². The van der Waals surface area contributed by atoms with Crippen LogP contribution in [-0.4, -0.2) is 59.2 Å². The molecule has 1 aliphatic heterocycles. The van der Waals surface area contributed by atoms with Crippen LogP contribution in [0.25, 0.3) is 0 Å². The van der Waals surface area contributed by atoms with Crippen LogP contribution in [0.3, 0.4) is 0 Å². The third-order valence-corrected chi connectivity index (χ3v) is 6.20. The molecule has 0 radical (unpaired) electrons. The Bertz CT molecular complexity index is 1120. The molecule has 36 heavy (non-hydrogen) atoms. The highest BCUT2D eigenvalue weighted by molar-refractivity contribution is 7.89. The van der Waals surface area contributed by atoms with Crippen LogP contribution in [0.1, 0.15) is 48.0 Å². The van der Waals surface area contributed by atoms with Crippen molar-refractivity contribution in [3.05, 3.63) is 36.2 Å². The highest BCUT2D eigenvalue weighted by Crippen LogP contribution is 2.31. The fourth-order valence-corrected chi connectivity index (χ4v) is 4.57. The number of hydrogen-bond acceptors (Lipinski definition) is 8. The van der Waals surface area contributed by atoms with E-state index in [9.17, 15) is 31.2 Å². The summed E-state index contributed by atoms with van der Waals surface area (Å²) in [5.41, 5.74) is -1.88. The average Bonchev–Trinajstić information content (AvgIpc) is 3.02. The summed E-state index contributed by atoms with van der Waals surface area (Å²) < 4.78 is 79.5. The summed E-state index contributed by atoms with van der Waals surface area (Å²) in [6, 6.07) is 3.56. The smallest absolute Gasteiger partial charge is 0.443 e. The quantitative estimate of drug-likeness (QED) is 0.505. The van der Waals surface area contributed by atoms with Gasteiger partial charge < -0.3 is 14.2 Å². The standard InChI is InChI=1S/C22H29F3N2O7S2/c1-20(2,3)33-18(28)26-13-16(35)10-14(26)12-27(19(29)34-21(4,5)6)36(30,31)17-9-7-8-15(11-17)32-22(23,24)25/h7-9,11-12,16,35H,10,13H2,1-6H3/b14-12+. The van der Waals surface area contributed by atoms with Gasteiger partial charge in [-0.05, 0) is 53.7 Å². The van der Waals surface area contributed by atoms with Gasteiger partial charge in [0.15, 0.2) is 0 Å². The Kier molecular flexibility index (Phi) is 8.56. The zero-order chi connectivity index (χ0) is 27.7. The van der Waals surface area contributed by atoms with Gasteiger partial charge in [0.25, 0.3) is 10.0 Å². The van der Waals surface area contributed by atoms with Crippen LogP contribution < -0.4 is 4.74 Å². The van der Waals surface area contributed by atoms with Gasteiger partial charge in [-0.2, -0.15) is 16.9 Å². The minimum atomic E-state index is -5.06. The summed E-state index contributed by atoms with van der Waals surface area (Å²) in [5.74, 6) is -0.799. The first-order valence-electron chi connectivity index (χ1n) is 10.7. The van der Waals surface area contributed by atoms with Crippen molar-refractivity contribution in [1.29, 1.82) is 0 Å². The maximum Gasteiger partial charge on any atom is 0.573 e. The number of thiol groups is 1. The number of allylic oxidation sites excluding steroid dienone is 1. The summed E-state index contributed by atoms with van der Waals surface area (Å²) in [7, 11) is -4.81. The van der Waals surface area contributed by atoms with E-state index in [0.29, 0.717) is 6.07 Å². The van der Waals surface area contributed by atoms with Crippen LogP contribution >= 0.6 is 12.6 Å². The third kappa shape index (κ3) is 8.50. The number of likely N-dealkylation sites (tertiary alicyclic amines) is 1. The lowest BCUT2D eigenvalue weighted by molar-refractivity contribution is -0.274. The second-order valence-electron chi connectivity index (χ2n) is 9.87. The molecule has 0 spiro atoms. The molecule has 202 valence electrons. The summed E-state index contributed by atoms with van der Waals surface area (Å²) in [4.78, 5) is 26.2. The number of hydrogen-bond donors (Lipinski definition) is 1. The summed E-state index contributed by atoms with van der Waals surface area (Å²) in [6.45, 7) is 9.54. The first-order chi connectivity index (χ1) is 16.2. The maximum atomic E-state index is 13.4. The van der Waals surface area contributed by atoms with Crippen LogP contribution in [0.5, 0.6) is 5.75 Å². The number of rotatable bonds is 4. The van der Waals surface area contributed by atoms with E-state index in [1.165, 1.54) is 20.8 Å². The molecular formula is C22H29F3N2O7S2. The van der Waals surface area contributed by atoms with Crippen molar-refractivity contribution in [2.75, 3.05) is 6.54 Å². The van der Waals surface area contributed by atoms with E-state index in [0.717, 1.165) is 29.3 Å². The highest BCUT2D eigenvalue weighted by Gasteiger charge is 2.38. The molecule has 0 saturated carbocycles. The first kappa shape index (κ1) is 29.6. The molecule has 1 aliphatic rings. The Morgan fingerprint density at radius 2 is 1.67 bits per heavy atom. The zero-order valence-corrected chi connectivity index (χ0v) is 22.3. The number of benzene rings is 1. The average molecular weight is 555 g/mol. The lowest BCUT2D eigenvalue weighted by atomic mass is 10.2. The van der Waals surface area contributed by atoms with Gasteiger partial charge in [0.1, 0.15) is 17.0 Å². The molecular weight excluding hydrogens is 525 g/mol. The lowest BCUT2D eigenvalue weighted by Crippen LogP contribution is -2.39. The zero-order valence-electron chi connectivity index (χ0n) is 20.6. The van der Waals surface area contributed by atoms with Crippen molar-refractivity contribution in [3.63, 3.8) is 0 Å². The van der Waals surface area contributed by atoms with Crippen molar-refractivity contribution >= 4 is 34.8 Å². The van der Waals surface area contributed by atoms with Gasteiger partial charge in [0.05, 0.1) is 4.90 Å². The Balaban J connectivity index is 2.57. The van der Waals surface area contributed by atoms with Gasteiger partial charge in [-0.25, -0.2) is 18.0 Å². The molecule has 1 heterocycles. The normalized spacial score (nSPS) is 18.2. The van der Waals surface area contributed by atoms with Crippen LogP contribution in [0, 0.1) is 0 Å². The van der Waals surface area contributed by atoms with Crippen LogP contribution in [-0.2, 0) is 19.5 Å². The molecule has 2 rings (SSSR count). The van der Waals surface area contributed by atoms with Crippen molar-refractivity contribution in [1.82, 2.24) is 9.21 Å². The highest BCUT2D eigenvalue weighted by atomic mass is 32.2. The Morgan fingerprint density at radius 3 is 2.19 bits per heavy atom. The largest absolute Gasteiger partial charge is 0.573 e. The predicted octanol–water partition coefficient (Wildman–Crippen LogP) is 5.29. The Morgan fingerprint density at radius 1 is 1.08 bits per heavy atom. The Hall–Kier alpha value is -2.61. The van der Waals surface area contributed by atoms with E-state index in [2.05, 4.69) is 17.4 Å². The number of halogens is 3. The van der Waals surface area contributed by atoms with E-state index in [1.54, 1.807) is 20.8 Å². The van der Waals surface area contributed by atoms with Gasteiger partial charge in [-0.1, -0.05) is 6.07 Å². The number of carbonyl (C=O) groups excluding carboxylic acids is 2. The molecule has 0 N–H and O–H groups in total. The second kappa shape index (κ2) is 10.4. The monoisotopic (exact) mass is 554 g/mol. The maximum absolute atomic E-state index is 13.4. The van der Waals surface area contributed by atoms with Crippen LogP contribution in [0.15, 0.2) is 41.1 Å². The number of alkyl halides is 3.